The number of nitrogens with two attached hydrogens (primary N) is 1. The fourth-order valence-corrected chi connectivity index (χ4v) is 6.33. The number of carbonyl (C=O) groups is 3. The maximum absolute atomic E-state index is 13.9. The zero-order valence-corrected chi connectivity index (χ0v) is 24.3. The van der Waals surface area contributed by atoms with Crippen LogP contribution < -0.4 is 15.8 Å². The van der Waals surface area contributed by atoms with Crippen molar-refractivity contribution >= 4 is 17.5 Å². The zero-order chi connectivity index (χ0) is 29.1. The molecule has 2 aliphatic carbocycles. The van der Waals surface area contributed by atoms with Crippen LogP contribution in [0.5, 0.6) is 5.88 Å². The molecule has 1 amide bonds. The first kappa shape index (κ1) is 28.9. The van der Waals surface area contributed by atoms with Gasteiger partial charge in [-0.2, -0.15) is 10.1 Å². The number of hydrogen-bond donors (Lipinski definition) is 2. The monoisotopic (exact) mass is 563 g/mol. The number of ether oxygens (including phenoxy) is 1. The normalized spacial score (nSPS) is 23.4. The number of hydrogen-bond acceptors (Lipinski definition) is 9. The second-order valence-electron chi connectivity index (χ2n) is 11.9. The number of likely N-dealkylation sites (tertiary alicyclic amines) is 1. The lowest BCUT2D eigenvalue weighted by Crippen LogP contribution is -2.42. The second kappa shape index (κ2) is 12.1. The summed E-state index contributed by atoms with van der Waals surface area (Å²) in [6, 6.07) is 3.69. The minimum atomic E-state index is -0.751. The van der Waals surface area contributed by atoms with Crippen LogP contribution in [0.25, 0.3) is 5.82 Å². The molecule has 2 aromatic heterocycles. The molecule has 41 heavy (non-hydrogen) atoms. The number of rotatable bonds is 9. The lowest BCUT2D eigenvalue weighted by molar-refractivity contribution is -0.130. The van der Waals surface area contributed by atoms with Gasteiger partial charge < -0.3 is 20.7 Å². The average Bonchev–Trinajstić information content (AvgIpc) is 3.58. The molecule has 1 aliphatic heterocycles. The van der Waals surface area contributed by atoms with E-state index in [1.807, 2.05) is 13.8 Å². The van der Waals surface area contributed by atoms with Crippen molar-refractivity contribution in [1.82, 2.24) is 30.0 Å². The quantitative estimate of drug-likeness (QED) is 0.440. The molecule has 1 spiro atoms. The summed E-state index contributed by atoms with van der Waals surface area (Å²) in [7, 11) is 2.07. The molecule has 0 aromatic carbocycles. The molecular weight excluding hydrogens is 522 g/mol. The van der Waals surface area contributed by atoms with Crippen LogP contribution in [0, 0.1) is 5.41 Å². The van der Waals surface area contributed by atoms with Crippen LogP contribution in [0.2, 0.25) is 0 Å². The summed E-state index contributed by atoms with van der Waals surface area (Å²) in [6.07, 6.45) is 8.80. The molecular formula is C30H41N7O4. The average molecular weight is 564 g/mol. The Morgan fingerprint density at radius 2 is 1.98 bits per heavy atom. The van der Waals surface area contributed by atoms with Crippen molar-refractivity contribution in [2.75, 3.05) is 20.2 Å². The SMILES string of the molecule is CC(C)NC(=O)Cc1ccn(-c2cc(OC[C@@H]3CCCN3C)nc(C(=O)C3=C(N)[C@]4(CCCCC4=O)CCC3)n2)n1. The Hall–Kier alpha value is -3.60. The lowest BCUT2D eigenvalue weighted by atomic mass is 9.64. The highest BCUT2D eigenvalue weighted by molar-refractivity contribution is 6.08. The minimum absolute atomic E-state index is 0.0308. The van der Waals surface area contributed by atoms with Crippen molar-refractivity contribution in [2.24, 2.45) is 11.1 Å². The van der Waals surface area contributed by atoms with Gasteiger partial charge in [0.05, 0.1) is 17.5 Å². The number of carbonyl (C=O) groups excluding carboxylic acids is 3. The Morgan fingerprint density at radius 1 is 1.17 bits per heavy atom. The second-order valence-corrected chi connectivity index (χ2v) is 11.9. The first-order valence-electron chi connectivity index (χ1n) is 14.8. The van der Waals surface area contributed by atoms with Gasteiger partial charge in [-0.1, -0.05) is 6.42 Å². The van der Waals surface area contributed by atoms with Crippen molar-refractivity contribution in [2.45, 2.75) is 90.1 Å². The van der Waals surface area contributed by atoms with E-state index in [0.29, 0.717) is 61.5 Å². The van der Waals surface area contributed by atoms with Gasteiger partial charge in [-0.25, -0.2) is 9.67 Å². The van der Waals surface area contributed by atoms with Gasteiger partial charge in [0.15, 0.2) is 5.82 Å². The lowest BCUT2D eigenvalue weighted by Gasteiger charge is -2.40. The number of allylic oxidation sites excluding steroid dienone is 2. The smallest absolute Gasteiger partial charge is 0.228 e. The number of ketones is 2. The predicted octanol–water partition coefficient (Wildman–Crippen LogP) is 2.91. The minimum Gasteiger partial charge on any atom is -0.476 e. The predicted molar refractivity (Wildman–Crippen MR) is 153 cm³/mol. The van der Waals surface area contributed by atoms with Crippen molar-refractivity contribution in [1.29, 1.82) is 0 Å². The summed E-state index contributed by atoms with van der Waals surface area (Å²) < 4.78 is 7.64. The molecule has 11 nitrogen and oxygen atoms in total. The Morgan fingerprint density at radius 3 is 2.71 bits per heavy atom. The molecule has 2 aromatic rings. The topological polar surface area (TPSA) is 145 Å². The molecule has 0 unspecified atom stereocenters. The van der Waals surface area contributed by atoms with E-state index in [1.54, 1.807) is 18.3 Å². The number of nitrogens with zero attached hydrogens (tertiary/aromatic N) is 5. The highest BCUT2D eigenvalue weighted by Gasteiger charge is 2.46. The van der Waals surface area contributed by atoms with Crippen molar-refractivity contribution < 1.29 is 19.1 Å². The molecule has 2 atom stereocenters. The van der Waals surface area contributed by atoms with E-state index in [-0.39, 0.29) is 47.7 Å². The number of nitrogens with one attached hydrogen (secondary N) is 1. The summed E-state index contributed by atoms with van der Waals surface area (Å²) in [5.74, 6) is 0.216. The third-order valence-corrected chi connectivity index (χ3v) is 8.59. The zero-order valence-electron chi connectivity index (χ0n) is 24.3. The van der Waals surface area contributed by atoms with E-state index < -0.39 is 5.41 Å². The van der Waals surface area contributed by atoms with Gasteiger partial charge in [0.25, 0.3) is 0 Å². The van der Waals surface area contributed by atoms with Gasteiger partial charge in [-0.15, -0.1) is 0 Å². The first-order chi connectivity index (χ1) is 19.7. The number of likely N-dealkylation sites (N-methyl/N-ethyl adjacent to an activating group) is 1. The molecule has 220 valence electrons. The maximum atomic E-state index is 13.9. The van der Waals surface area contributed by atoms with Gasteiger partial charge in [0.1, 0.15) is 12.4 Å². The summed E-state index contributed by atoms with van der Waals surface area (Å²) in [5.41, 5.74) is 7.27. The van der Waals surface area contributed by atoms with Crippen LogP contribution in [0.15, 0.2) is 29.6 Å². The van der Waals surface area contributed by atoms with Crippen LogP contribution >= 0.6 is 0 Å². The number of amides is 1. The molecule has 3 N–H and O–H groups in total. The van der Waals surface area contributed by atoms with Gasteiger partial charge in [0, 0.05) is 42.0 Å². The van der Waals surface area contributed by atoms with Gasteiger partial charge in [-0.3, -0.25) is 14.4 Å². The van der Waals surface area contributed by atoms with E-state index in [0.717, 1.165) is 32.2 Å². The molecule has 2 fully saturated rings. The van der Waals surface area contributed by atoms with Crippen LogP contribution in [0.4, 0.5) is 0 Å². The third-order valence-electron chi connectivity index (χ3n) is 8.59. The van der Waals surface area contributed by atoms with Crippen LogP contribution in [-0.4, -0.2) is 74.4 Å². The van der Waals surface area contributed by atoms with E-state index in [4.69, 9.17) is 10.5 Å². The fourth-order valence-electron chi connectivity index (χ4n) is 6.33. The number of aromatic nitrogens is 4. The number of Topliss-reactive ketones (excluding diaryl/α,β-unsaturated/α-hetero) is 2. The summed E-state index contributed by atoms with van der Waals surface area (Å²) in [6.45, 7) is 5.26. The molecule has 3 aliphatic rings. The summed E-state index contributed by atoms with van der Waals surface area (Å²) >= 11 is 0. The molecule has 5 rings (SSSR count). The Bertz CT molecular complexity index is 1350. The van der Waals surface area contributed by atoms with Gasteiger partial charge >= 0.3 is 0 Å². The fraction of sp³-hybridized carbons (Fsp3) is 0.600. The molecule has 1 saturated heterocycles. The van der Waals surface area contributed by atoms with Crippen molar-refractivity contribution in [3.8, 4) is 11.7 Å². The highest BCUT2D eigenvalue weighted by Crippen LogP contribution is 2.47. The Kier molecular flexibility index (Phi) is 8.53. The molecule has 0 bridgehead atoms. The Balaban J connectivity index is 1.47. The maximum Gasteiger partial charge on any atom is 0.228 e. The largest absolute Gasteiger partial charge is 0.476 e. The molecule has 3 heterocycles. The summed E-state index contributed by atoms with van der Waals surface area (Å²) in [5, 5.41) is 7.40. The third kappa shape index (κ3) is 6.19. The van der Waals surface area contributed by atoms with Crippen molar-refractivity contribution in [3.05, 3.63) is 41.1 Å². The van der Waals surface area contributed by atoms with E-state index in [2.05, 4.69) is 32.3 Å². The standard InChI is InChI=1S/C30H41N7O4/c1-19(2)32-25(39)16-20-11-15-37(35-20)24-17-26(41-18-21-8-7-14-36(21)3)34-29(33-24)27(40)22-9-6-13-30(28(22)31)12-5-4-10-23(30)38/h11,15,17,19,21H,4-10,12-14,16,18,31H2,1-3H3,(H,32,39)/t21-,30+/m0/s1. The highest BCUT2D eigenvalue weighted by atomic mass is 16.5. The molecule has 0 radical (unpaired) electrons. The summed E-state index contributed by atoms with van der Waals surface area (Å²) in [4.78, 5) is 50.6. The van der Waals surface area contributed by atoms with E-state index >= 15 is 0 Å². The van der Waals surface area contributed by atoms with Crippen LogP contribution in [-0.2, 0) is 16.0 Å². The van der Waals surface area contributed by atoms with E-state index in [9.17, 15) is 14.4 Å². The molecule has 11 heteroatoms. The first-order valence-corrected chi connectivity index (χ1v) is 14.8. The van der Waals surface area contributed by atoms with Crippen LogP contribution in [0.3, 0.4) is 0 Å². The van der Waals surface area contributed by atoms with Gasteiger partial charge in [-0.05, 0) is 78.5 Å². The molecule has 1 saturated carbocycles. The van der Waals surface area contributed by atoms with Gasteiger partial charge in [0.2, 0.25) is 23.4 Å². The van der Waals surface area contributed by atoms with E-state index in [1.165, 1.54) is 4.68 Å². The van der Waals surface area contributed by atoms with Crippen molar-refractivity contribution in [3.63, 3.8) is 0 Å². The Labute approximate surface area is 240 Å². The van der Waals surface area contributed by atoms with Crippen LogP contribution in [0.1, 0.15) is 87.9 Å².